The second-order valence-corrected chi connectivity index (χ2v) is 6.30. The van der Waals surface area contributed by atoms with Gasteiger partial charge < -0.3 is 14.6 Å². The lowest BCUT2D eigenvalue weighted by atomic mass is 10.1. The van der Waals surface area contributed by atoms with Gasteiger partial charge in [-0.05, 0) is 36.6 Å². The normalized spacial score (nSPS) is 18.0. The zero-order chi connectivity index (χ0) is 15.8. The molecule has 118 valence electrons. The molecule has 2 heterocycles. The number of imidazole rings is 1. The Morgan fingerprint density at radius 1 is 1.13 bits per heavy atom. The lowest BCUT2D eigenvalue weighted by Gasteiger charge is -2.19. The Balaban J connectivity index is 1.81. The zero-order valence-corrected chi connectivity index (χ0v) is 13.3. The summed E-state index contributed by atoms with van der Waals surface area (Å²) in [4.78, 5) is 7.03. The third kappa shape index (κ3) is 2.59. The third-order valence-corrected chi connectivity index (χ3v) is 4.67. The number of hydrogen-bond donors (Lipinski definition) is 1. The number of aliphatic hydroxyl groups excluding tert-OH is 1. The SMILES string of the molecule is Cc1ccccc1Cn1c(N2CCC(O)C2)nc2ccccc21. The van der Waals surface area contributed by atoms with Crippen molar-refractivity contribution in [1.82, 2.24) is 9.55 Å². The van der Waals surface area contributed by atoms with Crippen molar-refractivity contribution in [1.29, 1.82) is 0 Å². The first-order valence-corrected chi connectivity index (χ1v) is 8.15. The monoisotopic (exact) mass is 307 g/mol. The van der Waals surface area contributed by atoms with Gasteiger partial charge in [-0.15, -0.1) is 0 Å². The summed E-state index contributed by atoms with van der Waals surface area (Å²) in [5, 5.41) is 9.88. The van der Waals surface area contributed by atoms with E-state index >= 15 is 0 Å². The van der Waals surface area contributed by atoms with Crippen molar-refractivity contribution in [3.05, 3.63) is 59.7 Å². The van der Waals surface area contributed by atoms with Crippen LogP contribution in [-0.2, 0) is 6.54 Å². The fourth-order valence-electron chi connectivity index (χ4n) is 3.34. The average Bonchev–Trinajstić information content (AvgIpc) is 3.14. The number of β-amino-alcohol motifs (C(OH)–C–C–N with tert-alkyl or cyclic N) is 1. The minimum Gasteiger partial charge on any atom is -0.391 e. The second kappa shape index (κ2) is 5.70. The van der Waals surface area contributed by atoms with Gasteiger partial charge in [0.1, 0.15) is 0 Å². The summed E-state index contributed by atoms with van der Waals surface area (Å²) >= 11 is 0. The zero-order valence-electron chi connectivity index (χ0n) is 13.3. The minimum atomic E-state index is -0.248. The average molecular weight is 307 g/mol. The minimum absolute atomic E-state index is 0.248. The van der Waals surface area contributed by atoms with Gasteiger partial charge in [0.2, 0.25) is 5.95 Å². The first kappa shape index (κ1) is 14.3. The van der Waals surface area contributed by atoms with Crippen LogP contribution in [0.4, 0.5) is 5.95 Å². The number of nitrogens with zero attached hydrogens (tertiary/aromatic N) is 3. The highest BCUT2D eigenvalue weighted by Crippen LogP contribution is 2.27. The highest BCUT2D eigenvalue weighted by molar-refractivity contribution is 5.79. The van der Waals surface area contributed by atoms with Crippen molar-refractivity contribution < 1.29 is 5.11 Å². The molecular formula is C19H21N3O. The van der Waals surface area contributed by atoms with Crippen molar-refractivity contribution >= 4 is 17.0 Å². The highest BCUT2D eigenvalue weighted by Gasteiger charge is 2.25. The van der Waals surface area contributed by atoms with Crippen molar-refractivity contribution in [3.8, 4) is 0 Å². The largest absolute Gasteiger partial charge is 0.391 e. The Kier molecular flexibility index (Phi) is 3.54. The van der Waals surface area contributed by atoms with Crippen LogP contribution in [-0.4, -0.2) is 33.9 Å². The molecule has 23 heavy (non-hydrogen) atoms. The van der Waals surface area contributed by atoms with Gasteiger partial charge in [0, 0.05) is 13.1 Å². The van der Waals surface area contributed by atoms with Crippen molar-refractivity contribution in [3.63, 3.8) is 0 Å². The Hall–Kier alpha value is -2.33. The van der Waals surface area contributed by atoms with Crippen LogP contribution in [0, 0.1) is 6.92 Å². The predicted molar refractivity (Wildman–Crippen MR) is 92.9 cm³/mol. The number of aliphatic hydroxyl groups is 1. The molecule has 0 amide bonds. The van der Waals surface area contributed by atoms with Gasteiger partial charge in [-0.2, -0.15) is 0 Å². The Labute approximate surface area is 136 Å². The number of hydrogen-bond acceptors (Lipinski definition) is 3. The molecule has 0 radical (unpaired) electrons. The molecule has 0 bridgehead atoms. The molecule has 1 aliphatic heterocycles. The van der Waals surface area contributed by atoms with E-state index < -0.39 is 0 Å². The van der Waals surface area contributed by atoms with Crippen molar-refractivity contribution in [2.75, 3.05) is 18.0 Å². The Morgan fingerprint density at radius 2 is 1.91 bits per heavy atom. The van der Waals surface area contributed by atoms with Gasteiger partial charge >= 0.3 is 0 Å². The van der Waals surface area contributed by atoms with E-state index in [4.69, 9.17) is 4.98 Å². The van der Waals surface area contributed by atoms with Gasteiger partial charge in [0.05, 0.1) is 23.7 Å². The molecule has 0 spiro atoms. The van der Waals surface area contributed by atoms with Gasteiger partial charge in [0.15, 0.2) is 0 Å². The molecule has 1 aliphatic rings. The summed E-state index contributed by atoms with van der Waals surface area (Å²) in [5.41, 5.74) is 4.75. The fraction of sp³-hybridized carbons (Fsp3) is 0.316. The van der Waals surface area contributed by atoms with Gasteiger partial charge in [-0.25, -0.2) is 4.98 Å². The van der Waals surface area contributed by atoms with Crippen molar-refractivity contribution in [2.45, 2.75) is 26.0 Å². The summed E-state index contributed by atoms with van der Waals surface area (Å²) in [6.07, 6.45) is 0.565. The van der Waals surface area contributed by atoms with E-state index in [1.165, 1.54) is 11.1 Å². The highest BCUT2D eigenvalue weighted by atomic mass is 16.3. The topological polar surface area (TPSA) is 41.3 Å². The van der Waals surface area contributed by atoms with Crippen molar-refractivity contribution in [2.24, 2.45) is 0 Å². The molecule has 0 aliphatic carbocycles. The first-order valence-electron chi connectivity index (χ1n) is 8.15. The molecular weight excluding hydrogens is 286 g/mol. The quantitative estimate of drug-likeness (QED) is 0.809. The summed E-state index contributed by atoms with van der Waals surface area (Å²) in [5.74, 6) is 0.964. The molecule has 1 saturated heterocycles. The Bertz CT molecular complexity index is 840. The van der Waals surface area contributed by atoms with Crippen LogP contribution >= 0.6 is 0 Å². The van der Waals surface area contributed by atoms with Crippen LogP contribution in [0.25, 0.3) is 11.0 Å². The molecule has 0 saturated carbocycles. The molecule has 3 aromatic rings. The van der Waals surface area contributed by atoms with Crippen LogP contribution in [0.1, 0.15) is 17.5 Å². The number of fused-ring (bicyclic) bond motifs is 1. The summed E-state index contributed by atoms with van der Waals surface area (Å²) in [6.45, 7) is 4.47. The van der Waals surface area contributed by atoms with Crippen LogP contribution in [0.15, 0.2) is 48.5 Å². The molecule has 4 rings (SSSR count). The maximum absolute atomic E-state index is 9.88. The molecule has 1 N–H and O–H groups in total. The molecule has 1 fully saturated rings. The Morgan fingerprint density at radius 3 is 2.70 bits per heavy atom. The molecule has 1 unspecified atom stereocenters. The van der Waals surface area contributed by atoms with Crippen LogP contribution in [0.5, 0.6) is 0 Å². The lowest BCUT2D eigenvalue weighted by Crippen LogP contribution is -2.25. The second-order valence-electron chi connectivity index (χ2n) is 6.30. The number of para-hydroxylation sites is 2. The van der Waals surface area contributed by atoms with E-state index in [0.29, 0.717) is 6.54 Å². The summed E-state index contributed by atoms with van der Waals surface area (Å²) < 4.78 is 2.27. The van der Waals surface area contributed by atoms with E-state index in [-0.39, 0.29) is 6.10 Å². The number of aryl methyl sites for hydroxylation is 1. The number of anilines is 1. The standard InChI is InChI=1S/C19H21N3O/c1-14-6-2-3-7-15(14)12-22-18-9-5-4-8-17(18)20-19(22)21-11-10-16(23)13-21/h2-9,16,23H,10-13H2,1H3. The van der Waals surface area contributed by atoms with Gasteiger partial charge in [0.25, 0.3) is 0 Å². The molecule has 1 aromatic heterocycles. The molecule has 4 nitrogen and oxygen atoms in total. The molecule has 2 aromatic carbocycles. The lowest BCUT2D eigenvalue weighted by molar-refractivity contribution is 0.198. The van der Waals surface area contributed by atoms with Crippen LogP contribution < -0.4 is 4.90 Å². The number of benzene rings is 2. The van der Waals surface area contributed by atoms with Crippen LogP contribution in [0.2, 0.25) is 0 Å². The smallest absolute Gasteiger partial charge is 0.206 e. The van der Waals surface area contributed by atoms with Crippen LogP contribution in [0.3, 0.4) is 0 Å². The predicted octanol–water partition coefficient (Wildman–Crippen LogP) is 2.96. The number of aromatic nitrogens is 2. The fourth-order valence-corrected chi connectivity index (χ4v) is 3.34. The maximum atomic E-state index is 9.88. The summed E-state index contributed by atoms with van der Waals surface area (Å²) in [6, 6.07) is 16.7. The van der Waals surface area contributed by atoms with Gasteiger partial charge in [-0.3, -0.25) is 0 Å². The number of rotatable bonds is 3. The van der Waals surface area contributed by atoms with Gasteiger partial charge in [-0.1, -0.05) is 36.4 Å². The van der Waals surface area contributed by atoms with E-state index in [9.17, 15) is 5.11 Å². The maximum Gasteiger partial charge on any atom is 0.206 e. The third-order valence-electron chi connectivity index (χ3n) is 4.67. The van der Waals surface area contributed by atoms with E-state index in [1.807, 2.05) is 6.07 Å². The molecule has 4 heteroatoms. The van der Waals surface area contributed by atoms with E-state index in [1.54, 1.807) is 0 Å². The first-order chi connectivity index (χ1) is 11.2. The van der Waals surface area contributed by atoms with E-state index in [0.717, 1.165) is 36.5 Å². The summed E-state index contributed by atoms with van der Waals surface area (Å²) in [7, 11) is 0. The molecule has 1 atom stereocenters. The van der Waals surface area contributed by atoms with E-state index in [2.05, 4.69) is 58.9 Å².